The van der Waals surface area contributed by atoms with Gasteiger partial charge in [0, 0.05) is 5.92 Å². The number of methoxy groups -OCH3 is 1. The molecule has 0 amide bonds. The van der Waals surface area contributed by atoms with Crippen molar-refractivity contribution in [2.75, 3.05) is 12.8 Å². The Morgan fingerprint density at radius 1 is 1.44 bits per heavy atom. The minimum atomic E-state index is -0.982. The van der Waals surface area contributed by atoms with Gasteiger partial charge in [-0.2, -0.15) is 0 Å². The first-order valence-corrected chi connectivity index (χ1v) is 5.67. The number of ether oxygens (including phenoxy) is 1. The average Bonchev–Trinajstić information content (AvgIpc) is 2.39. The Morgan fingerprint density at radius 2 is 2.22 bits per heavy atom. The van der Waals surface area contributed by atoms with Crippen molar-refractivity contribution >= 4 is 11.7 Å². The smallest absolute Gasteiger partial charge is 0.335 e. The molecule has 0 heterocycles. The van der Waals surface area contributed by atoms with E-state index in [0.717, 1.165) is 12.0 Å². The fraction of sp³-hybridized carbons (Fsp3) is 0.214. The number of anilines is 1. The molecule has 4 nitrogen and oxygen atoms in total. The molecule has 0 saturated heterocycles. The van der Waals surface area contributed by atoms with Gasteiger partial charge in [0.15, 0.2) is 0 Å². The molecular weight excluding hydrogens is 230 g/mol. The van der Waals surface area contributed by atoms with Gasteiger partial charge < -0.3 is 15.6 Å². The maximum Gasteiger partial charge on any atom is 0.335 e. The first kappa shape index (κ1) is 12.2. The second kappa shape index (κ2) is 4.96. The Kier molecular flexibility index (Phi) is 3.37. The SMILES string of the molecule is COc1cc(C(=O)O)cc([C@@H]2C=CC=CC2)c1N. The van der Waals surface area contributed by atoms with Gasteiger partial charge in [-0.15, -0.1) is 0 Å². The number of aromatic carboxylic acids is 1. The van der Waals surface area contributed by atoms with Crippen LogP contribution in [0.1, 0.15) is 28.3 Å². The lowest BCUT2D eigenvalue weighted by Gasteiger charge is -2.18. The van der Waals surface area contributed by atoms with Gasteiger partial charge in [-0.1, -0.05) is 24.3 Å². The monoisotopic (exact) mass is 245 g/mol. The van der Waals surface area contributed by atoms with Crippen LogP contribution in [0.4, 0.5) is 5.69 Å². The molecule has 1 aliphatic rings. The second-order valence-electron chi connectivity index (χ2n) is 4.14. The van der Waals surface area contributed by atoms with E-state index >= 15 is 0 Å². The van der Waals surface area contributed by atoms with Crippen molar-refractivity contribution in [1.82, 2.24) is 0 Å². The van der Waals surface area contributed by atoms with Crippen LogP contribution in [-0.2, 0) is 0 Å². The number of hydrogen-bond donors (Lipinski definition) is 2. The van der Waals surface area contributed by atoms with E-state index in [0.29, 0.717) is 11.4 Å². The minimum Gasteiger partial charge on any atom is -0.495 e. The molecule has 1 aromatic rings. The van der Waals surface area contributed by atoms with Crippen LogP contribution in [0.25, 0.3) is 0 Å². The molecule has 0 saturated carbocycles. The maximum atomic E-state index is 11.1. The Bertz CT molecular complexity index is 532. The Labute approximate surface area is 105 Å². The van der Waals surface area contributed by atoms with Gasteiger partial charge in [0.25, 0.3) is 0 Å². The van der Waals surface area contributed by atoms with Crippen LogP contribution in [0.5, 0.6) is 5.75 Å². The molecular formula is C14H15NO3. The number of allylic oxidation sites excluding steroid dienone is 4. The van der Waals surface area contributed by atoms with Crippen LogP contribution in [-0.4, -0.2) is 18.2 Å². The highest BCUT2D eigenvalue weighted by Crippen LogP contribution is 2.35. The summed E-state index contributed by atoms with van der Waals surface area (Å²) in [6.45, 7) is 0. The molecule has 0 bridgehead atoms. The zero-order valence-electron chi connectivity index (χ0n) is 10.1. The van der Waals surface area contributed by atoms with Crippen molar-refractivity contribution in [3.8, 4) is 5.75 Å². The summed E-state index contributed by atoms with van der Waals surface area (Å²) in [5, 5.41) is 9.09. The molecule has 1 atom stereocenters. The van der Waals surface area contributed by atoms with Gasteiger partial charge in [0.2, 0.25) is 0 Å². The largest absolute Gasteiger partial charge is 0.495 e. The lowest BCUT2D eigenvalue weighted by Crippen LogP contribution is -2.07. The number of carbonyl (C=O) groups is 1. The summed E-state index contributed by atoms with van der Waals surface area (Å²) >= 11 is 0. The van der Waals surface area contributed by atoms with Gasteiger partial charge in [-0.05, 0) is 24.1 Å². The molecule has 0 spiro atoms. The average molecular weight is 245 g/mol. The molecule has 0 unspecified atom stereocenters. The van der Waals surface area contributed by atoms with Crippen molar-refractivity contribution in [2.24, 2.45) is 0 Å². The number of rotatable bonds is 3. The number of carboxylic acids is 1. The lowest BCUT2D eigenvalue weighted by atomic mass is 9.90. The first-order chi connectivity index (χ1) is 8.63. The summed E-state index contributed by atoms with van der Waals surface area (Å²) in [7, 11) is 1.48. The Hall–Kier alpha value is -2.23. The van der Waals surface area contributed by atoms with E-state index in [4.69, 9.17) is 15.6 Å². The highest BCUT2D eigenvalue weighted by molar-refractivity contribution is 5.90. The van der Waals surface area contributed by atoms with E-state index in [1.54, 1.807) is 6.07 Å². The van der Waals surface area contributed by atoms with Crippen molar-refractivity contribution in [3.05, 3.63) is 47.6 Å². The molecule has 18 heavy (non-hydrogen) atoms. The Morgan fingerprint density at radius 3 is 2.78 bits per heavy atom. The first-order valence-electron chi connectivity index (χ1n) is 5.67. The van der Waals surface area contributed by atoms with E-state index in [1.807, 2.05) is 24.3 Å². The number of hydrogen-bond acceptors (Lipinski definition) is 3. The zero-order chi connectivity index (χ0) is 13.1. The normalized spacial score (nSPS) is 17.7. The van der Waals surface area contributed by atoms with Crippen molar-refractivity contribution in [3.63, 3.8) is 0 Å². The number of carboxylic acid groups (broad SMARTS) is 1. The zero-order valence-corrected chi connectivity index (χ0v) is 10.1. The van der Waals surface area contributed by atoms with Gasteiger partial charge in [-0.25, -0.2) is 4.79 Å². The third kappa shape index (κ3) is 2.22. The Balaban J connectivity index is 2.51. The molecule has 3 N–H and O–H groups in total. The van der Waals surface area contributed by atoms with Crippen LogP contribution in [0.2, 0.25) is 0 Å². The number of benzene rings is 1. The molecule has 0 aromatic heterocycles. The quantitative estimate of drug-likeness (QED) is 0.803. The van der Waals surface area contributed by atoms with Crippen LogP contribution in [0, 0.1) is 0 Å². The van der Waals surface area contributed by atoms with Crippen LogP contribution < -0.4 is 10.5 Å². The minimum absolute atomic E-state index is 0.100. The van der Waals surface area contributed by atoms with Crippen LogP contribution in [0.3, 0.4) is 0 Å². The third-order valence-electron chi connectivity index (χ3n) is 3.02. The fourth-order valence-electron chi connectivity index (χ4n) is 2.06. The number of nitrogen functional groups attached to an aromatic ring is 1. The van der Waals surface area contributed by atoms with Crippen LogP contribution in [0.15, 0.2) is 36.4 Å². The molecule has 2 rings (SSSR count). The lowest BCUT2D eigenvalue weighted by molar-refractivity contribution is 0.0696. The summed E-state index contributed by atoms with van der Waals surface area (Å²) in [5.41, 5.74) is 7.52. The van der Waals surface area contributed by atoms with Crippen LogP contribution >= 0.6 is 0 Å². The highest BCUT2D eigenvalue weighted by atomic mass is 16.5. The predicted octanol–water partition coefficient (Wildman–Crippen LogP) is 2.58. The van der Waals surface area contributed by atoms with E-state index in [2.05, 4.69) is 0 Å². The standard InChI is InChI=1S/C14H15NO3/c1-18-12-8-10(14(16)17)7-11(13(12)15)9-5-3-2-4-6-9/h2-5,7-9H,6,15H2,1H3,(H,16,17)/t9-/m1/s1. The van der Waals surface area contributed by atoms with E-state index in [1.165, 1.54) is 13.2 Å². The van der Waals surface area contributed by atoms with Gasteiger partial charge in [0.05, 0.1) is 18.4 Å². The van der Waals surface area contributed by atoms with Crippen molar-refractivity contribution in [1.29, 1.82) is 0 Å². The highest BCUT2D eigenvalue weighted by Gasteiger charge is 2.18. The fourth-order valence-corrected chi connectivity index (χ4v) is 2.06. The van der Waals surface area contributed by atoms with Gasteiger partial charge in [-0.3, -0.25) is 0 Å². The van der Waals surface area contributed by atoms with Gasteiger partial charge >= 0.3 is 5.97 Å². The molecule has 0 fully saturated rings. The summed E-state index contributed by atoms with van der Waals surface area (Å²) < 4.78 is 5.14. The van der Waals surface area contributed by atoms with E-state index in [9.17, 15) is 4.79 Å². The second-order valence-corrected chi connectivity index (χ2v) is 4.14. The molecule has 0 aliphatic heterocycles. The van der Waals surface area contributed by atoms with Gasteiger partial charge in [0.1, 0.15) is 5.75 Å². The molecule has 1 aliphatic carbocycles. The summed E-state index contributed by atoms with van der Waals surface area (Å²) in [4.78, 5) is 11.1. The summed E-state index contributed by atoms with van der Waals surface area (Å²) in [5.74, 6) is -0.471. The maximum absolute atomic E-state index is 11.1. The van der Waals surface area contributed by atoms with Crippen molar-refractivity contribution < 1.29 is 14.6 Å². The van der Waals surface area contributed by atoms with E-state index in [-0.39, 0.29) is 11.5 Å². The molecule has 1 aromatic carbocycles. The molecule has 94 valence electrons. The third-order valence-corrected chi connectivity index (χ3v) is 3.02. The number of nitrogens with two attached hydrogens (primary N) is 1. The summed E-state index contributed by atoms with van der Waals surface area (Å²) in [6, 6.07) is 3.07. The summed E-state index contributed by atoms with van der Waals surface area (Å²) in [6.07, 6.45) is 8.76. The predicted molar refractivity (Wildman–Crippen MR) is 70.0 cm³/mol. The van der Waals surface area contributed by atoms with Crippen molar-refractivity contribution in [2.45, 2.75) is 12.3 Å². The molecule has 4 heteroatoms. The topological polar surface area (TPSA) is 72.5 Å². The molecule has 0 radical (unpaired) electrons. The van der Waals surface area contributed by atoms with E-state index < -0.39 is 5.97 Å².